The number of ether oxygens (including phenoxy) is 3. The topological polar surface area (TPSA) is 104 Å². The van der Waals surface area contributed by atoms with Crippen molar-refractivity contribution in [3.63, 3.8) is 0 Å². The van der Waals surface area contributed by atoms with Crippen LogP contribution in [0.15, 0.2) is 67.0 Å². The maximum absolute atomic E-state index is 13.3. The van der Waals surface area contributed by atoms with Crippen molar-refractivity contribution < 1.29 is 23.8 Å². The lowest BCUT2D eigenvalue weighted by Crippen LogP contribution is -2.29. The number of hydrogen-bond donors (Lipinski definition) is 2. The standard InChI is InChI=1S/C29H26N4O5/c1-36-25-5-3-21-14-26(25)38-17-27(34)31-16-19-11-22(13-23(12-19)33-8-7-30-28(21)33)29(35)32-15-18-2-4-24-20(10-18)6-9-37-24/h2-5,7-8,10-14H,6,9,15-17H2,1H3,(H,31,34)(H,32,35). The Morgan fingerprint density at radius 2 is 2.03 bits per heavy atom. The first kappa shape index (κ1) is 23.6. The van der Waals surface area contributed by atoms with E-state index in [1.165, 1.54) is 0 Å². The molecular weight excluding hydrogens is 484 g/mol. The van der Waals surface area contributed by atoms with Gasteiger partial charge in [0.15, 0.2) is 18.1 Å². The van der Waals surface area contributed by atoms with Gasteiger partial charge in [0.1, 0.15) is 11.6 Å². The Hall–Kier alpha value is -4.79. The van der Waals surface area contributed by atoms with Gasteiger partial charge in [-0.15, -0.1) is 0 Å². The fraction of sp³-hybridized carbons (Fsp3) is 0.207. The molecule has 192 valence electrons. The number of imidazole rings is 1. The van der Waals surface area contributed by atoms with E-state index in [2.05, 4.69) is 21.7 Å². The summed E-state index contributed by atoms with van der Waals surface area (Å²) in [4.78, 5) is 30.3. The summed E-state index contributed by atoms with van der Waals surface area (Å²) in [6, 6.07) is 17.0. The molecule has 4 aromatic rings. The highest BCUT2D eigenvalue weighted by atomic mass is 16.5. The Morgan fingerprint density at radius 3 is 2.92 bits per heavy atom. The molecule has 3 heterocycles. The first-order chi connectivity index (χ1) is 18.6. The molecule has 6 rings (SSSR count). The molecule has 2 aliphatic rings. The Morgan fingerprint density at radius 1 is 1.11 bits per heavy atom. The first-order valence-corrected chi connectivity index (χ1v) is 12.4. The number of nitrogens with one attached hydrogen (secondary N) is 2. The van der Waals surface area contributed by atoms with E-state index in [4.69, 9.17) is 14.2 Å². The summed E-state index contributed by atoms with van der Waals surface area (Å²) in [5.74, 6) is 2.04. The minimum Gasteiger partial charge on any atom is -0.493 e. The summed E-state index contributed by atoms with van der Waals surface area (Å²) in [6.45, 7) is 1.15. The predicted molar refractivity (Wildman–Crippen MR) is 140 cm³/mol. The molecule has 0 saturated heterocycles. The SMILES string of the molecule is COc1ccc2cc1OCC(=O)NCc1cc(C(=O)NCc3ccc4c(c3)CCO4)cc(c1)-n1ccnc1-2. The Kier molecular flexibility index (Phi) is 6.17. The van der Waals surface area contributed by atoms with E-state index in [1.54, 1.807) is 31.5 Å². The Bertz CT molecular complexity index is 1540. The van der Waals surface area contributed by atoms with Gasteiger partial charge in [0, 0.05) is 48.7 Å². The number of carbonyl (C=O) groups is 2. The molecule has 1 aromatic heterocycles. The number of amides is 2. The normalized spacial score (nSPS) is 13.9. The monoisotopic (exact) mass is 510 g/mol. The van der Waals surface area contributed by atoms with E-state index in [0.717, 1.165) is 40.1 Å². The largest absolute Gasteiger partial charge is 0.493 e. The van der Waals surface area contributed by atoms with Crippen LogP contribution in [0.5, 0.6) is 17.2 Å². The van der Waals surface area contributed by atoms with Gasteiger partial charge in [-0.1, -0.05) is 12.1 Å². The van der Waals surface area contributed by atoms with Gasteiger partial charge < -0.3 is 24.8 Å². The average Bonchev–Trinajstić information content (AvgIpc) is 3.62. The zero-order chi connectivity index (χ0) is 26.1. The Balaban J connectivity index is 1.34. The van der Waals surface area contributed by atoms with Gasteiger partial charge in [0.25, 0.3) is 11.8 Å². The minimum atomic E-state index is -0.286. The molecule has 0 saturated carbocycles. The van der Waals surface area contributed by atoms with Crippen molar-refractivity contribution in [2.75, 3.05) is 20.3 Å². The highest BCUT2D eigenvalue weighted by molar-refractivity contribution is 5.95. The number of methoxy groups -OCH3 is 1. The molecule has 0 radical (unpaired) electrons. The van der Waals surface area contributed by atoms with Gasteiger partial charge in [-0.25, -0.2) is 4.98 Å². The third kappa shape index (κ3) is 4.66. The van der Waals surface area contributed by atoms with Crippen LogP contribution < -0.4 is 24.8 Å². The van der Waals surface area contributed by atoms with Crippen LogP contribution in [0.4, 0.5) is 0 Å². The number of hydrogen-bond acceptors (Lipinski definition) is 6. The predicted octanol–water partition coefficient (Wildman–Crippen LogP) is 3.42. The summed E-state index contributed by atoms with van der Waals surface area (Å²) in [7, 11) is 1.55. The van der Waals surface area contributed by atoms with Crippen LogP contribution in [-0.4, -0.2) is 41.7 Å². The average molecular weight is 511 g/mol. The summed E-state index contributed by atoms with van der Waals surface area (Å²) in [6.07, 6.45) is 4.42. The third-order valence-corrected chi connectivity index (χ3v) is 6.64. The van der Waals surface area contributed by atoms with E-state index in [1.807, 2.05) is 41.1 Å². The molecule has 4 bridgehead atoms. The van der Waals surface area contributed by atoms with Crippen molar-refractivity contribution in [2.24, 2.45) is 0 Å². The first-order valence-electron chi connectivity index (χ1n) is 12.4. The summed E-state index contributed by atoms with van der Waals surface area (Å²) >= 11 is 0. The zero-order valence-electron chi connectivity index (χ0n) is 20.8. The van der Waals surface area contributed by atoms with Crippen LogP contribution >= 0.6 is 0 Å². The number of carbonyl (C=O) groups excluding carboxylic acids is 2. The molecule has 3 aromatic carbocycles. The molecule has 0 fully saturated rings. The minimum absolute atomic E-state index is 0.174. The molecular formula is C29H26N4O5. The molecule has 9 nitrogen and oxygen atoms in total. The van der Waals surface area contributed by atoms with Crippen molar-refractivity contribution in [1.29, 1.82) is 0 Å². The van der Waals surface area contributed by atoms with Crippen molar-refractivity contribution in [2.45, 2.75) is 19.5 Å². The third-order valence-electron chi connectivity index (χ3n) is 6.64. The van der Waals surface area contributed by atoms with Crippen LogP contribution in [0.3, 0.4) is 0 Å². The molecule has 0 atom stereocenters. The summed E-state index contributed by atoms with van der Waals surface area (Å²) < 4.78 is 18.6. The fourth-order valence-corrected chi connectivity index (χ4v) is 4.73. The van der Waals surface area contributed by atoms with Crippen molar-refractivity contribution in [3.05, 3.63) is 89.2 Å². The fourth-order valence-electron chi connectivity index (χ4n) is 4.73. The lowest BCUT2D eigenvalue weighted by atomic mass is 10.1. The van der Waals surface area contributed by atoms with Crippen molar-refractivity contribution in [1.82, 2.24) is 20.2 Å². The van der Waals surface area contributed by atoms with E-state index in [9.17, 15) is 9.59 Å². The number of aromatic nitrogens is 2. The van der Waals surface area contributed by atoms with E-state index < -0.39 is 0 Å². The second-order valence-electron chi connectivity index (χ2n) is 9.16. The highest BCUT2D eigenvalue weighted by Gasteiger charge is 2.18. The summed E-state index contributed by atoms with van der Waals surface area (Å²) in [5.41, 5.74) is 4.96. The maximum atomic E-state index is 13.3. The molecule has 2 amide bonds. The second kappa shape index (κ2) is 9.93. The van der Waals surface area contributed by atoms with Gasteiger partial charge in [-0.2, -0.15) is 0 Å². The van der Waals surface area contributed by atoms with Gasteiger partial charge in [-0.05, 0) is 59.2 Å². The van der Waals surface area contributed by atoms with Crippen molar-refractivity contribution in [3.8, 4) is 34.3 Å². The zero-order valence-corrected chi connectivity index (χ0v) is 20.8. The van der Waals surface area contributed by atoms with E-state index in [-0.39, 0.29) is 25.0 Å². The van der Waals surface area contributed by atoms with Crippen LogP contribution in [0.25, 0.3) is 17.1 Å². The van der Waals surface area contributed by atoms with Crippen LogP contribution in [0, 0.1) is 0 Å². The van der Waals surface area contributed by atoms with E-state index >= 15 is 0 Å². The maximum Gasteiger partial charge on any atom is 0.258 e. The molecule has 0 spiro atoms. The van der Waals surface area contributed by atoms with Gasteiger partial charge in [0.05, 0.1) is 13.7 Å². The number of rotatable bonds is 4. The van der Waals surface area contributed by atoms with Gasteiger partial charge >= 0.3 is 0 Å². The molecule has 2 aliphatic heterocycles. The highest BCUT2D eigenvalue weighted by Crippen LogP contribution is 2.33. The smallest absolute Gasteiger partial charge is 0.258 e. The molecule has 38 heavy (non-hydrogen) atoms. The summed E-state index contributed by atoms with van der Waals surface area (Å²) in [5, 5.41) is 5.89. The second-order valence-corrected chi connectivity index (χ2v) is 9.16. The molecule has 0 unspecified atom stereocenters. The lowest BCUT2D eigenvalue weighted by Gasteiger charge is -2.14. The van der Waals surface area contributed by atoms with Crippen molar-refractivity contribution >= 4 is 11.8 Å². The number of nitrogens with zero attached hydrogens (tertiary/aromatic N) is 2. The van der Waals surface area contributed by atoms with Crippen LogP contribution in [0.1, 0.15) is 27.0 Å². The van der Waals surface area contributed by atoms with Crippen LogP contribution in [0.2, 0.25) is 0 Å². The van der Waals surface area contributed by atoms with Gasteiger partial charge in [-0.3, -0.25) is 14.2 Å². The van der Waals surface area contributed by atoms with Crippen LogP contribution in [-0.2, 0) is 24.3 Å². The number of benzene rings is 3. The lowest BCUT2D eigenvalue weighted by molar-refractivity contribution is -0.123. The molecule has 9 heteroatoms. The quantitative estimate of drug-likeness (QED) is 0.436. The Labute approximate surface area is 219 Å². The van der Waals surface area contributed by atoms with E-state index in [0.29, 0.717) is 36.0 Å². The number of fused-ring (bicyclic) bond motifs is 8. The van der Waals surface area contributed by atoms with Gasteiger partial charge in [0.2, 0.25) is 0 Å². The molecule has 2 N–H and O–H groups in total. The molecule has 0 aliphatic carbocycles.